The maximum atomic E-state index is 15.2. The van der Waals surface area contributed by atoms with Crippen LogP contribution < -0.4 is 0 Å². The monoisotopic (exact) mass is 424 g/mol. The normalized spacial score (nSPS) is 16.8. The third-order valence-electron chi connectivity index (χ3n) is 6.18. The van der Waals surface area contributed by atoms with Gasteiger partial charge in [-0.05, 0) is 66.7 Å². The van der Waals surface area contributed by atoms with Crippen molar-refractivity contribution in [1.82, 2.24) is 0 Å². The first-order valence-corrected chi connectivity index (χ1v) is 11.9. The molecule has 0 N–H and O–H groups in total. The first kappa shape index (κ1) is 22.8. The van der Waals surface area contributed by atoms with Crippen LogP contribution in [-0.4, -0.2) is 0 Å². The van der Waals surface area contributed by atoms with Gasteiger partial charge in [-0.1, -0.05) is 99.3 Å². The van der Waals surface area contributed by atoms with Crippen LogP contribution in [0.1, 0.15) is 76.3 Å². The Kier molecular flexibility index (Phi) is 8.75. The molecule has 160 valence electrons. The molecular formula is C28H34ClF. The molecule has 0 amide bonds. The summed E-state index contributed by atoms with van der Waals surface area (Å²) in [6.07, 6.45) is 16.9. The molecule has 1 aliphatic rings. The van der Waals surface area contributed by atoms with E-state index >= 15 is 4.39 Å². The maximum absolute atomic E-state index is 15.2. The van der Waals surface area contributed by atoms with Gasteiger partial charge >= 0.3 is 0 Å². The fourth-order valence-electron chi connectivity index (χ4n) is 4.29. The van der Waals surface area contributed by atoms with Gasteiger partial charge in [0, 0.05) is 5.56 Å². The highest BCUT2D eigenvalue weighted by Gasteiger charge is 2.20. The molecule has 1 aliphatic carbocycles. The van der Waals surface area contributed by atoms with Crippen molar-refractivity contribution in [1.29, 1.82) is 0 Å². The quantitative estimate of drug-likeness (QED) is 0.351. The Balaban J connectivity index is 1.72. The van der Waals surface area contributed by atoms with Crippen LogP contribution in [0.3, 0.4) is 0 Å². The average Bonchev–Trinajstić information content (AvgIpc) is 2.78. The second kappa shape index (κ2) is 11.5. The minimum Gasteiger partial charge on any atom is -0.205 e. The molecule has 2 aromatic carbocycles. The van der Waals surface area contributed by atoms with Crippen molar-refractivity contribution in [3.05, 3.63) is 76.6 Å². The van der Waals surface area contributed by atoms with Gasteiger partial charge in [0.1, 0.15) is 5.82 Å². The van der Waals surface area contributed by atoms with Crippen molar-refractivity contribution in [3.8, 4) is 11.1 Å². The molecule has 0 bridgehead atoms. The Hall–Kier alpha value is -1.86. The van der Waals surface area contributed by atoms with Gasteiger partial charge in [-0.15, -0.1) is 0 Å². The molecular weight excluding hydrogens is 391 g/mol. The maximum Gasteiger partial charge on any atom is 0.150 e. The molecule has 30 heavy (non-hydrogen) atoms. The number of benzene rings is 2. The highest BCUT2D eigenvalue weighted by Crippen LogP contribution is 2.39. The third kappa shape index (κ3) is 5.85. The van der Waals surface area contributed by atoms with E-state index in [0.717, 1.165) is 49.1 Å². The van der Waals surface area contributed by atoms with Gasteiger partial charge in [0.05, 0.1) is 5.02 Å². The van der Waals surface area contributed by atoms with E-state index in [1.54, 1.807) is 0 Å². The number of unbranched alkanes of at least 4 members (excludes halogenated alkanes) is 1. The van der Waals surface area contributed by atoms with Gasteiger partial charge < -0.3 is 0 Å². The molecule has 2 aromatic rings. The molecule has 1 atom stereocenters. The van der Waals surface area contributed by atoms with Crippen molar-refractivity contribution >= 4 is 17.2 Å². The Morgan fingerprint density at radius 2 is 1.80 bits per heavy atom. The highest BCUT2D eigenvalue weighted by atomic mass is 35.5. The summed E-state index contributed by atoms with van der Waals surface area (Å²) in [6, 6.07) is 12.1. The van der Waals surface area contributed by atoms with E-state index in [-0.39, 0.29) is 10.8 Å². The van der Waals surface area contributed by atoms with Crippen LogP contribution in [0.25, 0.3) is 16.7 Å². The average molecular weight is 425 g/mol. The van der Waals surface area contributed by atoms with Crippen LogP contribution in [0.5, 0.6) is 0 Å². The molecule has 0 fully saturated rings. The smallest absolute Gasteiger partial charge is 0.150 e. The van der Waals surface area contributed by atoms with Gasteiger partial charge in [-0.3, -0.25) is 0 Å². The summed E-state index contributed by atoms with van der Waals surface area (Å²) in [5.74, 6) is 0.467. The van der Waals surface area contributed by atoms with Crippen LogP contribution in [0.2, 0.25) is 5.02 Å². The second-order valence-electron chi connectivity index (χ2n) is 8.42. The summed E-state index contributed by atoms with van der Waals surface area (Å²) >= 11 is 6.51. The lowest BCUT2D eigenvalue weighted by molar-refractivity contribution is 0.434. The van der Waals surface area contributed by atoms with Gasteiger partial charge in [0.15, 0.2) is 0 Å². The van der Waals surface area contributed by atoms with E-state index in [1.165, 1.54) is 36.8 Å². The molecule has 0 radical (unpaired) electrons. The zero-order valence-corrected chi connectivity index (χ0v) is 19.1. The standard InChI is InChI=1S/C28H34ClF/c1-3-5-7-8-10-22-13-17-24(18-14-22)26-20-19-25(27(29)28(26)30)23-15-11-21(12-16-23)9-6-4-2/h5,7,13-15,17-21H,3-4,6,8-12,16H2,1-2H3/b7-5+. The zero-order chi connectivity index (χ0) is 21.3. The molecule has 0 nitrogen and oxygen atoms in total. The van der Waals surface area contributed by atoms with Gasteiger partial charge in [0.25, 0.3) is 0 Å². The summed E-state index contributed by atoms with van der Waals surface area (Å²) in [7, 11) is 0. The first-order valence-electron chi connectivity index (χ1n) is 11.6. The minimum atomic E-state index is -0.304. The lowest BCUT2D eigenvalue weighted by Crippen LogP contribution is -2.06. The largest absolute Gasteiger partial charge is 0.205 e. The topological polar surface area (TPSA) is 0 Å². The van der Waals surface area contributed by atoms with E-state index in [0.29, 0.717) is 5.56 Å². The predicted molar refractivity (Wildman–Crippen MR) is 129 cm³/mol. The van der Waals surface area contributed by atoms with Gasteiger partial charge in [0.2, 0.25) is 0 Å². The minimum absolute atomic E-state index is 0.263. The summed E-state index contributed by atoms with van der Waals surface area (Å²) in [5.41, 5.74) is 4.80. The summed E-state index contributed by atoms with van der Waals surface area (Å²) in [4.78, 5) is 0. The van der Waals surface area contributed by atoms with Crippen LogP contribution in [0.15, 0.2) is 54.6 Å². The Morgan fingerprint density at radius 3 is 2.47 bits per heavy atom. The van der Waals surface area contributed by atoms with Crippen LogP contribution >= 0.6 is 11.6 Å². The molecule has 0 spiro atoms. The SMILES string of the molecule is CC/C=C/CCc1ccc(-c2ccc(C3=CCC(CCCC)CC3)c(Cl)c2F)cc1. The molecule has 3 rings (SSSR count). The highest BCUT2D eigenvalue weighted by molar-refractivity contribution is 6.32. The summed E-state index contributed by atoms with van der Waals surface area (Å²) < 4.78 is 15.2. The second-order valence-corrected chi connectivity index (χ2v) is 8.79. The van der Waals surface area contributed by atoms with E-state index in [1.807, 2.05) is 24.3 Å². The number of allylic oxidation sites excluding steroid dienone is 4. The van der Waals surface area contributed by atoms with Crippen LogP contribution in [0.4, 0.5) is 4.39 Å². The molecule has 0 aromatic heterocycles. The van der Waals surface area contributed by atoms with Crippen molar-refractivity contribution < 1.29 is 4.39 Å². The molecule has 1 unspecified atom stereocenters. The number of hydrogen-bond acceptors (Lipinski definition) is 0. The van der Waals surface area contributed by atoms with Crippen molar-refractivity contribution in [2.45, 2.75) is 71.6 Å². The van der Waals surface area contributed by atoms with Crippen molar-refractivity contribution in [3.63, 3.8) is 0 Å². The first-order chi connectivity index (χ1) is 14.6. The fourth-order valence-corrected chi connectivity index (χ4v) is 4.58. The van der Waals surface area contributed by atoms with Gasteiger partial charge in [-0.2, -0.15) is 0 Å². The van der Waals surface area contributed by atoms with Crippen molar-refractivity contribution in [2.75, 3.05) is 0 Å². The molecule has 0 saturated carbocycles. The molecule has 0 aliphatic heterocycles. The molecule has 0 saturated heterocycles. The van der Waals surface area contributed by atoms with Crippen molar-refractivity contribution in [2.24, 2.45) is 5.92 Å². The number of hydrogen-bond donors (Lipinski definition) is 0. The van der Waals surface area contributed by atoms with Crippen LogP contribution in [-0.2, 0) is 6.42 Å². The predicted octanol–water partition coefficient (Wildman–Crippen LogP) is 9.42. The summed E-state index contributed by atoms with van der Waals surface area (Å²) in [5, 5.41) is 0.263. The Labute approximate surface area is 186 Å². The Morgan fingerprint density at radius 1 is 1.03 bits per heavy atom. The number of halogens is 2. The lowest BCUT2D eigenvalue weighted by atomic mass is 9.83. The van der Waals surface area contributed by atoms with Gasteiger partial charge in [-0.25, -0.2) is 4.39 Å². The Bertz CT molecular complexity index is 876. The summed E-state index contributed by atoms with van der Waals surface area (Å²) in [6.45, 7) is 4.39. The van der Waals surface area contributed by atoms with E-state index < -0.39 is 0 Å². The fraction of sp³-hybridized carbons (Fsp3) is 0.429. The number of aryl methyl sites for hydroxylation is 1. The van der Waals surface area contributed by atoms with E-state index in [2.05, 4.69) is 44.2 Å². The van der Waals surface area contributed by atoms with E-state index in [4.69, 9.17) is 11.6 Å². The number of rotatable bonds is 9. The van der Waals surface area contributed by atoms with Crippen LogP contribution in [0, 0.1) is 11.7 Å². The van der Waals surface area contributed by atoms with E-state index in [9.17, 15) is 0 Å². The molecule has 0 heterocycles. The molecule has 2 heteroatoms. The third-order valence-corrected chi connectivity index (χ3v) is 6.55. The zero-order valence-electron chi connectivity index (χ0n) is 18.4. The lowest BCUT2D eigenvalue weighted by Gasteiger charge is -2.23.